The number of methoxy groups -OCH3 is 1. The number of amides is 1. The van der Waals surface area contributed by atoms with Crippen molar-refractivity contribution >= 4 is 27.8 Å². The van der Waals surface area contributed by atoms with Gasteiger partial charge in [0.05, 0.1) is 12.7 Å². The van der Waals surface area contributed by atoms with Crippen LogP contribution in [0.4, 0.5) is 0 Å². The number of hydrogen-bond donors (Lipinski definition) is 1. The van der Waals surface area contributed by atoms with Gasteiger partial charge in [0, 0.05) is 19.2 Å². The Balaban J connectivity index is 2.30. The minimum atomic E-state index is -0.274. The van der Waals surface area contributed by atoms with Crippen LogP contribution in [0.2, 0.25) is 0 Å². The van der Waals surface area contributed by atoms with E-state index >= 15 is 0 Å². The summed E-state index contributed by atoms with van der Waals surface area (Å²) in [5.41, 5.74) is 0.492. The first kappa shape index (κ1) is 13.6. The van der Waals surface area contributed by atoms with Crippen LogP contribution in [0.15, 0.2) is 22.9 Å². The molecule has 0 aromatic carbocycles. The van der Waals surface area contributed by atoms with Gasteiger partial charge in [-0.1, -0.05) is 0 Å². The number of hydrogen-bond acceptors (Lipinski definition) is 4. The summed E-state index contributed by atoms with van der Waals surface area (Å²) >= 11 is 3.19. The van der Waals surface area contributed by atoms with E-state index in [2.05, 4.69) is 31.0 Å². The van der Waals surface area contributed by atoms with Gasteiger partial charge in [0.15, 0.2) is 0 Å². The van der Waals surface area contributed by atoms with Crippen LogP contribution in [0.1, 0.15) is 23.2 Å². The maximum absolute atomic E-state index is 11.6. The molecule has 0 aliphatic heterocycles. The highest BCUT2D eigenvalue weighted by Crippen LogP contribution is 2.06. The second-order valence-electron chi connectivity index (χ2n) is 3.31. The number of halogens is 1. The Kier molecular flexibility index (Phi) is 5.62. The third-order valence-electron chi connectivity index (χ3n) is 2.06. The van der Waals surface area contributed by atoms with E-state index in [9.17, 15) is 9.59 Å². The second kappa shape index (κ2) is 7.01. The number of carbonyl (C=O) groups is 2. The largest absolute Gasteiger partial charge is 0.469 e. The molecule has 0 saturated heterocycles. The second-order valence-corrected chi connectivity index (χ2v) is 4.12. The molecular formula is C11H13BrN2O3. The number of pyridine rings is 1. The molecule has 0 radical (unpaired) electrons. The third-order valence-corrected chi connectivity index (χ3v) is 2.53. The maximum atomic E-state index is 11.6. The maximum Gasteiger partial charge on any atom is 0.305 e. The molecule has 92 valence electrons. The molecule has 0 bridgehead atoms. The third kappa shape index (κ3) is 4.95. The lowest BCUT2D eigenvalue weighted by Crippen LogP contribution is -2.25. The van der Waals surface area contributed by atoms with Gasteiger partial charge in [-0.15, -0.1) is 0 Å². The van der Waals surface area contributed by atoms with E-state index in [1.54, 1.807) is 12.1 Å². The molecule has 1 aromatic rings. The predicted molar refractivity (Wildman–Crippen MR) is 65.5 cm³/mol. The van der Waals surface area contributed by atoms with Crippen LogP contribution in [-0.4, -0.2) is 30.5 Å². The predicted octanol–water partition coefficient (Wildman–Crippen LogP) is 1.53. The first-order valence-corrected chi connectivity index (χ1v) is 5.89. The Morgan fingerprint density at radius 1 is 1.47 bits per heavy atom. The Morgan fingerprint density at radius 3 is 2.82 bits per heavy atom. The molecular weight excluding hydrogens is 288 g/mol. The van der Waals surface area contributed by atoms with Crippen LogP contribution >= 0.6 is 15.9 Å². The van der Waals surface area contributed by atoms with Crippen LogP contribution in [-0.2, 0) is 9.53 Å². The highest BCUT2D eigenvalue weighted by Gasteiger charge is 2.05. The number of aromatic nitrogens is 1. The fourth-order valence-electron chi connectivity index (χ4n) is 1.15. The minimum absolute atomic E-state index is 0.199. The molecule has 6 heteroatoms. The smallest absolute Gasteiger partial charge is 0.305 e. The zero-order chi connectivity index (χ0) is 12.7. The fraction of sp³-hybridized carbons (Fsp3) is 0.364. The molecule has 5 nitrogen and oxygen atoms in total. The summed E-state index contributed by atoms with van der Waals surface area (Å²) in [5.74, 6) is -0.473. The first-order chi connectivity index (χ1) is 8.13. The van der Waals surface area contributed by atoms with Crippen LogP contribution in [0.3, 0.4) is 0 Å². The molecule has 1 aromatic heterocycles. The monoisotopic (exact) mass is 300 g/mol. The molecule has 1 heterocycles. The van der Waals surface area contributed by atoms with Gasteiger partial charge < -0.3 is 10.1 Å². The standard InChI is InChI=1S/C11H13BrN2O3/c1-17-10(15)3-2-6-13-11(16)8-4-5-9(12)14-7-8/h4-5,7H,2-3,6H2,1H3,(H,13,16). The van der Waals surface area contributed by atoms with Crippen LogP contribution in [0.5, 0.6) is 0 Å². The first-order valence-electron chi connectivity index (χ1n) is 5.10. The molecule has 0 fully saturated rings. The molecule has 1 rings (SSSR count). The van der Waals surface area contributed by atoms with E-state index in [1.165, 1.54) is 13.3 Å². The van der Waals surface area contributed by atoms with Crippen molar-refractivity contribution in [3.8, 4) is 0 Å². The van der Waals surface area contributed by atoms with E-state index < -0.39 is 0 Å². The van der Waals surface area contributed by atoms with Gasteiger partial charge in [-0.3, -0.25) is 9.59 Å². The number of carbonyl (C=O) groups excluding carboxylic acids is 2. The Labute approximate surface area is 108 Å². The molecule has 0 aliphatic rings. The van der Waals surface area contributed by atoms with Crippen molar-refractivity contribution in [3.63, 3.8) is 0 Å². The molecule has 0 atom stereocenters. The lowest BCUT2D eigenvalue weighted by atomic mass is 10.2. The van der Waals surface area contributed by atoms with Crippen molar-refractivity contribution in [2.75, 3.05) is 13.7 Å². The SMILES string of the molecule is COC(=O)CCCNC(=O)c1ccc(Br)nc1. The number of ether oxygens (including phenoxy) is 1. The van der Waals surface area contributed by atoms with Gasteiger partial charge in [0.2, 0.25) is 0 Å². The van der Waals surface area contributed by atoms with Crippen molar-refractivity contribution in [2.24, 2.45) is 0 Å². The van der Waals surface area contributed by atoms with Crippen molar-refractivity contribution in [1.29, 1.82) is 0 Å². The molecule has 1 amide bonds. The summed E-state index contributed by atoms with van der Waals surface area (Å²) in [5, 5.41) is 2.70. The van der Waals surface area contributed by atoms with E-state index in [0.717, 1.165) is 0 Å². The van der Waals surface area contributed by atoms with Crippen LogP contribution in [0.25, 0.3) is 0 Å². The van der Waals surface area contributed by atoms with E-state index in [-0.39, 0.29) is 11.9 Å². The normalized spacial score (nSPS) is 9.76. The summed E-state index contributed by atoms with van der Waals surface area (Å²) in [7, 11) is 1.34. The molecule has 0 unspecified atom stereocenters. The number of esters is 1. The van der Waals surface area contributed by atoms with Crippen LogP contribution < -0.4 is 5.32 Å². The van der Waals surface area contributed by atoms with E-state index in [1.807, 2.05) is 0 Å². The zero-order valence-corrected chi connectivity index (χ0v) is 11.0. The highest BCUT2D eigenvalue weighted by atomic mass is 79.9. The van der Waals surface area contributed by atoms with Gasteiger partial charge in [0.25, 0.3) is 5.91 Å². The number of nitrogens with zero attached hydrogens (tertiary/aromatic N) is 1. The minimum Gasteiger partial charge on any atom is -0.469 e. The van der Waals surface area contributed by atoms with Gasteiger partial charge in [-0.25, -0.2) is 4.98 Å². The van der Waals surface area contributed by atoms with Crippen LogP contribution in [0, 0.1) is 0 Å². The Hall–Kier alpha value is -1.43. The number of nitrogens with one attached hydrogen (secondary N) is 1. The molecule has 0 saturated carbocycles. The molecule has 0 aliphatic carbocycles. The Bertz CT molecular complexity index is 392. The molecule has 0 spiro atoms. The summed E-state index contributed by atoms with van der Waals surface area (Å²) in [6.45, 7) is 0.435. The van der Waals surface area contributed by atoms with E-state index in [0.29, 0.717) is 29.6 Å². The van der Waals surface area contributed by atoms with Gasteiger partial charge in [0.1, 0.15) is 4.60 Å². The topological polar surface area (TPSA) is 68.3 Å². The van der Waals surface area contributed by atoms with Crippen molar-refractivity contribution in [3.05, 3.63) is 28.5 Å². The molecule has 17 heavy (non-hydrogen) atoms. The summed E-state index contributed by atoms with van der Waals surface area (Å²) < 4.78 is 5.17. The quantitative estimate of drug-likeness (QED) is 0.509. The zero-order valence-electron chi connectivity index (χ0n) is 9.40. The average molecular weight is 301 g/mol. The molecule has 1 N–H and O–H groups in total. The average Bonchev–Trinajstić information content (AvgIpc) is 2.34. The lowest BCUT2D eigenvalue weighted by molar-refractivity contribution is -0.140. The van der Waals surface area contributed by atoms with Crippen molar-refractivity contribution < 1.29 is 14.3 Å². The summed E-state index contributed by atoms with van der Waals surface area (Å²) in [6, 6.07) is 3.37. The van der Waals surface area contributed by atoms with Gasteiger partial charge in [-0.05, 0) is 34.5 Å². The fourth-order valence-corrected chi connectivity index (χ4v) is 1.38. The van der Waals surface area contributed by atoms with E-state index in [4.69, 9.17) is 0 Å². The van der Waals surface area contributed by atoms with Gasteiger partial charge >= 0.3 is 5.97 Å². The summed E-state index contributed by atoms with van der Waals surface area (Å²) in [4.78, 5) is 26.4. The number of rotatable bonds is 5. The lowest BCUT2D eigenvalue weighted by Gasteiger charge is -2.04. The van der Waals surface area contributed by atoms with Gasteiger partial charge in [-0.2, -0.15) is 0 Å². The highest BCUT2D eigenvalue weighted by molar-refractivity contribution is 9.10. The summed E-state index contributed by atoms with van der Waals surface area (Å²) in [6.07, 6.45) is 2.34. The Morgan fingerprint density at radius 2 is 2.24 bits per heavy atom. The van der Waals surface area contributed by atoms with Crippen molar-refractivity contribution in [1.82, 2.24) is 10.3 Å². The van der Waals surface area contributed by atoms with Crippen molar-refractivity contribution in [2.45, 2.75) is 12.8 Å².